The van der Waals surface area contributed by atoms with Crippen LogP contribution in [0.4, 0.5) is 5.82 Å². The third-order valence-corrected chi connectivity index (χ3v) is 4.68. The van der Waals surface area contributed by atoms with Crippen LogP contribution >= 0.6 is 11.8 Å². The van der Waals surface area contributed by atoms with Crippen molar-refractivity contribution < 1.29 is 4.79 Å². The Balaban J connectivity index is 1.61. The SMILES string of the molecule is Cc1cc(N)nc(SCC(=O)N[C@H](C)c2ccc3ccccc3c2)n1. The van der Waals surface area contributed by atoms with E-state index in [9.17, 15) is 4.79 Å². The van der Waals surface area contributed by atoms with Gasteiger partial charge in [-0.1, -0.05) is 48.2 Å². The molecule has 2 aromatic carbocycles. The Labute approximate surface area is 151 Å². The van der Waals surface area contributed by atoms with Crippen molar-refractivity contribution in [1.82, 2.24) is 15.3 Å². The zero-order valence-corrected chi connectivity index (χ0v) is 15.0. The van der Waals surface area contributed by atoms with Crippen LogP contribution in [-0.4, -0.2) is 21.6 Å². The number of carbonyl (C=O) groups is 1. The predicted octanol–water partition coefficient (Wildman–Crippen LogP) is 3.49. The number of fused-ring (bicyclic) bond motifs is 1. The summed E-state index contributed by atoms with van der Waals surface area (Å²) in [6.45, 7) is 3.83. The minimum atomic E-state index is -0.0683. The molecular weight excluding hydrogens is 332 g/mol. The number of thioether (sulfide) groups is 1. The van der Waals surface area contributed by atoms with E-state index < -0.39 is 0 Å². The number of hydrogen-bond donors (Lipinski definition) is 2. The number of aromatic nitrogens is 2. The number of carbonyl (C=O) groups excluding carboxylic acids is 1. The molecule has 1 heterocycles. The van der Waals surface area contributed by atoms with E-state index in [1.54, 1.807) is 6.07 Å². The summed E-state index contributed by atoms with van der Waals surface area (Å²) < 4.78 is 0. The Hall–Kier alpha value is -2.60. The zero-order chi connectivity index (χ0) is 17.8. The standard InChI is InChI=1S/C19H20N4OS/c1-12-9-17(20)23-19(21-12)25-11-18(24)22-13(2)15-8-7-14-5-3-4-6-16(14)10-15/h3-10,13H,11H2,1-2H3,(H,22,24)(H2,20,21,23)/t13-/m1/s1. The number of amides is 1. The van der Waals surface area contributed by atoms with Gasteiger partial charge in [-0.05, 0) is 36.2 Å². The van der Waals surface area contributed by atoms with Gasteiger partial charge in [-0.15, -0.1) is 0 Å². The van der Waals surface area contributed by atoms with Gasteiger partial charge < -0.3 is 11.1 Å². The average Bonchev–Trinajstić information content (AvgIpc) is 2.58. The molecule has 128 valence electrons. The van der Waals surface area contributed by atoms with Gasteiger partial charge in [0.05, 0.1) is 11.8 Å². The fourth-order valence-corrected chi connectivity index (χ4v) is 3.33. The van der Waals surface area contributed by atoms with E-state index in [0.717, 1.165) is 11.3 Å². The monoisotopic (exact) mass is 352 g/mol. The van der Waals surface area contributed by atoms with Crippen LogP contribution in [0.5, 0.6) is 0 Å². The highest BCUT2D eigenvalue weighted by Gasteiger charge is 2.11. The number of nitrogens with two attached hydrogens (primary N) is 1. The zero-order valence-electron chi connectivity index (χ0n) is 14.2. The number of nitrogens with zero attached hydrogens (tertiary/aromatic N) is 2. The molecule has 0 radical (unpaired) electrons. The number of aryl methyl sites for hydroxylation is 1. The van der Waals surface area contributed by atoms with E-state index in [4.69, 9.17) is 5.73 Å². The van der Waals surface area contributed by atoms with E-state index in [1.807, 2.05) is 32.0 Å². The molecule has 1 aromatic heterocycles. The molecule has 3 aromatic rings. The van der Waals surface area contributed by atoms with Crippen LogP contribution in [0.25, 0.3) is 10.8 Å². The van der Waals surface area contributed by atoms with Crippen LogP contribution in [-0.2, 0) is 4.79 Å². The topological polar surface area (TPSA) is 80.9 Å². The number of anilines is 1. The second kappa shape index (κ2) is 7.53. The molecule has 25 heavy (non-hydrogen) atoms. The number of benzene rings is 2. The van der Waals surface area contributed by atoms with Gasteiger partial charge >= 0.3 is 0 Å². The normalized spacial score (nSPS) is 12.1. The summed E-state index contributed by atoms with van der Waals surface area (Å²) in [6, 6.07) is 16.0. The van der Waals surface area contributed by atoms with E-state index in [-0.39, 0.29) is 17.7 Å². The van der Waals surface area contributed by atoms with Crippen LogP contribution in [0.3, 0.4) is 0 Å². The lowest BCUT2D eigenvalue weighted by atomic mass is 10.0. The van der Waals surface area contributed by atoms with Gasteiger partial charge in [0.2, 0.25) is 5.91 Å². The van der Waals surface area contributed by atoms with Gasteiger partial charge in [-0.25, -0.2) is 9.97 Å². The van der Waals surface area contributed by atoms with E-state index >= 15 is 0 Å². The molecule has 0 fully saturated rings. The molecule has 6 heteroatoms. The molecular formula is C19H20N4OS. The van der Waals surface area contributed by atoms with Crippen molar-refractivity contribution in [2.75, 3.05) is 11.5 Å². The fourth-order valence-electron chi connectivity index (χ4n) is 2.60. The highest BCUT2D eigenvalue weighted by atomic mass is 32.2. The maximum Gasteiger partial charge on any atom is 0.230 e. The lowest BCUT2D eigenvalue weighted by Crippen LogP contribution is -2.28. The van der Waals surface area contributed by atoms with E-state index in [1.165, 1.54) is 22.5 Å². The summed E-state index contributed by atoms with van der Waals surface area (Å²) in [4.78, 5) is 20.6. The summed E-state index contributed by atoms with van der Waals surface area (Å²) in [5, 5.41) is 5.89. The minimum absolute atomic E-state index is 0.0608. The Bertz CT molecular complexity index is 893. The molecule has 0 bridgehead atoms. The van der Waals surface area contributed by atoms with Crippen molar-refractivity contribution in [2.45, 2.75) is 25.0 Å². The molecule has 1 atom stereocenters. The van der Waals surface area contributed by atoms with Gasteiger partial charge in [-0.3, -0.25) is 4.79 Å². The van der Waals surface area contributed by atoms with Crippen molar-refractivity contribution in [3.63, 3.8) is 0 Å². The van der Waals surface area contributed by atoms with Crippen molar-refractivity contribution in [3.05, 3.63) is 59.8 Å². The van der Waals surface area contributed by atoms with Crippen LogP contribution in [0.1, 0.15) is 24.2 Å². The summed E-state index contributed by atoms with van der Waals surface area (Å²) in [5.41, 5.74) is 7.57. The molecule has 0 aliphatic heterocycles. The van der Waals surface area contributed by atoms with Crippen LogP contribution in [0.15, 0.2) is 53.7 Å². The third-order valence-electron chi connectivity index (χ3n) is 3.84. The summed E-state index contributed by atoms with van der Waals surface area (Å²) in [5.74, 6) is 0.607. The maximum atomic E-state index is 12.2. The van der Waals surface area contributed by atoms with Gasteiger partial charge in [0.15, 0.2) is 5.16 Å². The number of hydrogen-bond acceptors (Lipinski definition) is 5. The third kappa shape index (κ3) is 4.48. The quantitative estimate of drug-likeness (QED) is 0.543. The largest absolute Gasteiger partial charge is 0.384 e. The van der Waals surface area contributed by atoms with Crippen LogP contribution < -0.4 is 11.1 Å². The second-order valence-corrected chi connectivity index (χ2v) is 6.84. The Morgan fingerprint density at radius 1 is 1.16 bits per heavy atom. The first-order valence-corrected chi connectivity index (χ1v) is 9.02. The maximum absolute atomic E-state index is 12.2. The van der Waals surface area contributed by atoms with Gasteiger partial charge in [0.1, 0.15) is 5.82 Å². The van der Waals surface area contributed by atoms with Crippen molar-refractivity contribution >= 4 is 34.3 Å². The molecule has 0 unspecified atom stereocenters. The van der Waals surface area contributed by atoms with Crippen molar-refractivity contribution in [2.24, 2.45) is 0 Å². The highest BCUT2D eigenvalue weighted by molar-refractivity contribution is 7.99. The molecule has 0 saturated heterocycles. The lowest BCUT2D eigenvalue weighted by Gasteiger charge is -2.15. The average molecular weight is 352 g/mol. The van der Waals surface area contributed by atoms with Crippen molar-refractivity contribution in [3.8, 4) is 0 Å². The highest BCUT2D eigenvalue weighted by Crippen LogP contribution is 2.21. The summed E-state index contributed by atoms with van der Waals surface area (Å²) >= 11 is 1.28. The molecule has 0 aliphatic carbocycles. The smallest absolute Gasteiger partial charge is 0.230 e. The van der Waals surface area contributed by atoms with Gasteiger partial charge in [-0.2, -0.15) is 0 Å². The molecule has 5 nitrogen and oxygen atoms in total. The number of rotatable bonds is 5. The predicted molar refractivity (Wildman–Crippen MR) is 102 cm³/mol. The molecule has 1 amide bonds. The Kier molecular flexibility index (Phi) is 5.19. The lowest BCUT2D eigenvalue weighted by molar-refractivity contribution is -0.119. The second-order valence-electron chi connectivity index (χ2n) is 5.90. The van der Waals surface area contributed by atoms with Crippen LogP contribution in [0, 0.1) is 6.92 Å². The number of nitrogen functional groups attached to an aromatic ring is 1. The molecule has 0 aliphatic rings. The molecule has 0 spiro atoms. The van der Waals surface area contributed by atoms with Gasteiger partial charge in [0, 0.05) is 11.8 Å². The molecule has 0 saturated carbocycles. The van der Waals surface area contributed by atoms with Crippen molar-refractivity contribution in [1.29, 1.82) is 0 Å². The first kappa shape index (κ1) is 17.2. The fraction of sp³-hybridized carbons (Fsp3) is 0.211. The van der Waals surface area contributed by atoms with Gasteiger partial charge in [0.25, 0.3) is 0 Å². The Morgan fingerprint density at radius 2 is 1.92 bits per heavy atom. The van der Waals surface area contributed by atoms with E-state index in [2.05, 4.69) is 39.6 Å². The minimum Gasteiger partial charge on any atom is -0.384 e. The van der Waals surface area contributed by atoms with E-state index in [0.29, 0.717) is 11.0 Å². The molecule has 3 rings (SSSR count). The first-order chi connectivity index (χ1) is 12.0. The molecule has 3 N–H and O–H groups in total. The summed E-state index contributed by atoms with van der Waals surface area (Å²) in [6.07, 6.45) is 0. The summed E-state index contributed by atoms with van der Waals surface area (Å²) in [7, 11) is 0. The first-order valence-electron chi connectivity index (χ1n) is 8.03. The van der Waals surface area contributed by atoms with Crippen LogP contribution in [0.2, 0.25) is 0 Å². The Morgan fingerprint density at radius 3 is 2.68 bits per heavy atom. The number of nitrogens with one attached hydrogen (secondary N) is 1.